The first kappa shape index (κ1) is 20.5. The van der Waals surface area contributed by atoms with Gasteiger partial charge in [-0.3, -0.25) is 0 Å². The largest absolute Gasteiger partial charge is 0.249 e. The lowest BCUT2D eigenvalue weighted by atomic mass is 10.2. The summed E-state index contributed by atoms with van der Waals surface area (Å²) in [5.74, 6) is 0. The van der Waals surface area contributed by atoms with Crippen molar-refractivity contribution < 1.29 is 12.6 Å². The van der Waals surface area contributed by atoms with Gasteiger partial charge < -0.3 is 0 Å². The molecule has 0 aromatic heterocycles. The molecule has 3 aromatic carbocycles. The van der Waals surface area contributed by atoms with E-state index in [0.717, 1.165) is 16.5 Å². The molecule has 0 N–H and O–H groups in total. The molecule has 0 amide bonds. The molecule has 0 radical (unpaired) electrons. The van der Waals surface area contributed by atoms with Crippen molar-refractivity contribution in [1.82, 2.24) is 0 Å². The van der Waals surface area contributed by atoms with E-state index in [0.29, 0.717) is 15.5 Å². The standard InChI is InChI=1S/C22H19ClO3S2/c1-16-3-11-20(12-4-16)27(24)22(18-7-9-19(23)10-8-18)15-28(25,26)21-13-5-17(2)6-14-21/h3-15H,1-2H3. The number of benzene rings is 3. The van der Waals surface area contributed by atoms with Crippen LogP contribution in [0.4, 0.5) is 0 Å². The van der Waals surface area contributed by atoms with Crippen LogP contribution >= 0.6 is 11.6 Å². The Balaban J connectivity index is 2.13. The Kier molecular flexibility index (Phi) is 6.18. The van der Waals surface area contributed by atoms with Gasteiger partial charge in [0.25, 0.3) is 0 Å². The summed E-state index contributed by atoms with van der Waals surface area (Å²) in [6.07, 6.45) is 0. The van der Waals surface area contributed by atoms with E-state index in [-0.39, 0.29) is 9.80 Å². The Morgan fingerprint density at radius 2 is 1.32 bits per heavy atom. The number of rotatable bonds is 5. The van der Waals surface area contributed by atoms with Gasteiger partial charge in [-0.25, -0.2) is 12.6 Å². The van der Waals surface area contributed by atoms with Crippen LogP contribution in [0.25, 0.3) is 4.91 Å². The second kappa shape index (κ2) is 8.43. The molecule has 0 bridgehead atoms. The van der Waals surface area contributed by atoms with Gasteiger partial charge in [-0.05, 0) is 55.8 Å². The second-order valence-electron chi connectivity index (χ2n) is 6.43. The molecule has 6 heteroatoms. The fourth-order valence-electron chi connectivity index (χ4n) is 2.56. The summed E-state index contributed by atoms with van der Waals surface area (Å²) in [6, 6.07) is 20.4. The van der Waals surface area contributed by atoms with Crippen LogP contribution < -0.4 is 0 Å². The predicted molar refractivity (Wildman–Crippen MR) is 115 cm³/mol. The van der Waals surface area contributed by atoms with Crippen LogP contribution in [-0.2, 0) is 20.6 Å². The van der Waals surface area contributed by atoms with E-state index >= 15 is 0 Å². The van der Waals surface area contributed by atoms with E-state index in [4.69, 9.17) is 11.6 Å². The van der Waals surface area contributed by atoms with Crippen LogP contribution in [0.5, 0.6) is 0 Å². The number of sulfone groups is 1. The van der Waals surface area contributed by atoms with Gasteiger partial charge in [-0.2, -0.15) is 0 Å². The van der Waals surface area contributed by atoms with E-state index in [2.05, 4.69) is 0 Å². The van der Waals surface area contributed by atoms with Gasteiger partial charge in [0.15, 0.2) is 0 Å². The fraction of sp³-hybridized carbons (Fsp3) is 0.0909. The highest BCUT2D eigenvalue weighted by Crippen LogP contribution is 2.28. The Hall–Kier alpha value is -2.21. The molecule has 1 atom stereocenters. The summed E-state index contributed by atoms with van der Waals surface area (Å²) < 4.78 is 39.1. The minimum absolute atomic E-state index is 0.158. The van der Waals surface area contributed by atoms with Crippen LogP contribution in [0.2, 0.25) is 5.02 Å². The first-order valence-corrected chi connectivity index (χ1v) is 11.6. The predicted octanol–water partition coefficient (Wildman–Crippen LogP) is 5.54. The molecule has 1 unspecified atom stereocenters. The number of halogens is 1. The van der Waals surface area contributed by atoms with Crippen LogP contribution in [0.3, 0.4) is 0 Å². The third-order valence-electron chi connectivity index (χ3n) is 4.18. The summed E-state index contributed by atoms with van der Waals surface area (Å²) in [7, 11) is -5.46. The van der Waals surface area contributed by atoms with Crippen molar-refractivity contribution in [2.45, 2.75) is 23.6 Å². The van der Waals surface area contributed by atoms with Gasteiger partial charge in [-0.1, -0.05) is 59.1 Å². The van der Waals surface area contributed by atoms with Crippen molar-refractivity contribution in [3.8, 4) is 0 Å². The second-order valence-corrected chi connectivity index (χ2v) is 10.1. The van der Waals surface area contributed by atoms with Gasteiger partial charge >= 0.3 is 0 Å². The van der Waals surface area contributed by atoms with Crippen LogP contribution in [0, 0.1) is 13.8 Å². The zero-order chi connectivity index (χ0) is 20.3. The van der Waals surface area contributed by atoms with Crippen molar-refractivity contribution in [3.05, 3.63) is 99.9 Å². The molecule has 3 aromatic rings. The van der Waals surface area contributed by atoms with Gasteiger partial charge in [0, 0.05) is 9.92 Å². The molecule has 0 spiro atoms. The lowest BCUT2D eigenvalue weighted by molar-refractivity contribution is 0.604. The monoisotopic (exact) mass is 430 g/mol. The Bertz CT molecular complexity index is 1130. The van der Waals surface area contributed by atoms with E-state index in [1.807, 2.05) is 26.0 Å². The number of hydrogen-bond acceptors (Lipinski definition) is 3. The van der Waals surface area contributed by atoms with Crippen molar-refractivity contribution in [2.75, 3.05) is 0 Å². The van der Waals surface area contributed by atoms with Crippen molar-refractivity contribution in [3.63, 3.8) is 0 Å². The maximum Gasteiger partial charge on any atom is 0.201 e. The van der Waals surface area contributed by atoms with Crippen LogP contribution in [0.1, 0.15) is 16.7 Å². The fourth-order valence-corrected chi connectivity index (χ4v) is 5.47. The molecular formula is C22H19ClO3S2. The molecule has 0 heterocycles. The van der Waals surface area contributed by atoms with Crippen molar-refractivity contribution >= 4 is 37.1 Å². The first-order chi connectivity index (χ1) is 13.3. The molecule has 0 aliphatic heterocycles. The molecule has 0 aliphatic rings. The maximum absolute atomic E-state index is 13.3. The summed E-state index contributed by atoms with van der Waals surface area (Å²) in [5.41, 5.74) is 2.54. The molecular weight excluding hydrogens is 412 g/mol. The number of aryl methyl sites for hydroxylation is 2. The zero-order valence-corrected chi connectivity index (χ0v) is 17.8. The Morgan fingerprint density at radius 3 is 1.86 bits per heavy atom. The minimum Gasteiger partial charge on any atom is -0.249 e. The van der Waals surface area contributed by atoms with Crippen LogP contribution in [-0.4, -0.2) is 12.6 Å². The molecule has 3 nitrogen and oxygen atoms in total. The van der Waals surface area contributed by atoms with Gasteiger partial charge in [0.2, 0.25) is 9.84 Å². The average molecular weight is 431 g/mol. The zero-order valence-electron chi connectivity index (χ0n) is 15.4. The molecule has 0 saturated heterocycles. The normalized spacial score (nSPS) is 13.3. The maximum atomic E-state index is 13.3. The summed E-state index contributed by atoms with van der Waals surface area (Å²) in [4.78, 5) is 0.900. The molecule has 3 rings (SSSR count). The topological polar surface area (TPSA) is 51.2 Å². The highest BCUT2D eigenvalue weighted by molar-refractivity contribution is 7.99. The Morgan fingerprint density at radius 1 is 0.821 bits per heavy atom. The van der Waals surface area contributed by atoms with Crippen LogP contribution in [0.15, 0.2) is 88.0 Å². The summed E-state index contributed by atoms with van der Waals surface area (Å²) >= 11 is 5.96. The first-order valence-electron chi connectivity index (χ1n) is 8.54. The molecule has 0 saturated carbocycles. The van der Waals surface area contributed by atoms with E-state index < -0.39 is 20.6 Å². The molecule has 0 aliphatic carbocycles. The average Bonchev–Trinajstić information content (AvgIpc) is 2.67. The van der Waals surface area contributed by atoms with E-state index in [9.17, 15) is 12.6 Å². The van der Waals surface area contributed by atoms with Gasteiger partial charge in [-0.15, -0.1) is 0 Å². The SMILES string of the molecule is Cc1ccc(S(=O)C(=CS(=O)(=O)c2ccc(C)cc2)c2ccc(Cl)cc2)cc1. The van der Waals surface area contributed by atoms with Crippen molar-refractivity contribution in [2.24, 2.45) is 0 Å². The Labute approximate surface area is 173 Å². The lowest BCUT2D eigenvalue weighted by Gasteiger charge is -2.10. The van der Waals surface area contributed by atoms with Crippen molar-refractivity contribution in [1.29, 1.82) is 0 Å². The third-order valence-corrected chi connectivity index (χ3v) is 7.50. The molecule has 144 valence electrons. The minimum atomic E-state index is -3.78. The lowest BCUT2D eigenvalue weighted by Crippen LogP contribution is -2.03. The number of hydrogen-bond donors (Lipinski definition) is 0. The molecule has 0 fully saturated rings. The summed E-state index contributed by atoms with van der Waals surface area (Å²) in [5, 5.41) is 1.61. The van der Waals surface area contributed by atoms with Gasteiger partial charge in [0.05, 0.1) is 26.0 Å². The third kappa shape index (κ3) is 4.79. The highest BCUT2D eigenvalue weighted by atomic mass is 35.5. The quantitative estimate of drug-likeness (QED) is 0.534. The van der Waals surface area contributed by atoms with E-state index in [1.165, 1.54) is 0 Å². The van der Waals surface area contributed by atoms with E-state index in [1.54, 1.807) is 60.7 Å². The summed E-state index contributed by atoms with van der Waals surface area (Å²) in [6.45, 7) is 3.82. The highest BCUT2D eigenvalue weighted by Gasteiger charge is 2.19. The molecule has 28 heavy (non-hydrogen) atoms. The smallest absolute Gasteiger partial charge is 0.201 e. The van der Waals surface area contributed by atoms with Gasteiger partial charge in [0.1, 0.15) is 0 Å².